The molecule has 5 heteroatoms. The summed E-state index contributed by atoms with van der Waals surface area (Å²) in [6.45, 7) is 2.68. The highest BCUT2D eigenvalue weighted by atomic mass is 16.5. The van der Waals surface area contributed by atoms with E-state index in [1.165, 1.54) is 0 Å². The predicted octanol–water partition coefficient (Wildman–Crippen LogP) is 0.0512. The molecule has 1 aliphatic rings. The third-order valence-corrected chi connectivity index (χ3v) is 2.97. The van der Waals surface area contributed by atoms with E-state index in [9.17, 15) is 5.11 Å². The van der Waals surface area contributed by atoms with Crippen LogP contribution in [0.1, 0.15) is 18.4 Å². The average molecular weight is 225 g/mol. The molecular weight excluding hydrogens is 206 g/mol. The van der Waals surface area contributed by atoms with Crippen LogP contribution in [-0.2, 0) is 18.3 Å². The Morgan fingerprint density at radius 3 is 2.94 bits per heavy atom. The van der Waals surface area contributed by atoms with E-state index in [1.54, 1.807) is 4.68 Å². The van der Waals surface area contributed by atoms with Crippen molar-refractivity contribution < 1.29 is 9.84 Å². The van der Waals surface area contributed by atoms with Gasteiger partial charge in [0.2, 0.25) is 0 Å². The number of ether oxygens (including phenoxy) is 1. The third-order valence-electron chi connectivity index (χ3n) is 2.97. The minimum Gasteiger partial charge on any atom is -0.388 e. The SMILES string of the molecule is Cn1cc(CNCC2(O)CCOCC2)cn1. The Morgan fingerprint density at radius 2 is 2.31 bits per heavy atom. The summed E-state index contributed by atoms with van der Waals surface area (Å²) in [5.74, 6) is 0. The number of hydrogen-bond donors (Lipinski definition) is 2. The lowest BCUT2D eigenvalue weighted by atomic mass is 9.94. The second-order valence-electron chi connectivity index (χ2n) is 4.46. The number of hydrogen-bond acceptors (Lipinski definition) is 4. The summed E-state index contributed by atoms with van der Waals surface area (Å²) in [7, 11) is 1.90. The molecule has 0 spiro atoms. The van der Waals surface area contributed by atoms with Gasteiger partial charge in [0.25, 0.3) is 0 Å². The van der Waals surface area contributed by atoms with Crippen molar-refractivity contribution >= 4 is 0 Å². The lowest BCUT2D eigenvalue weighted by Crippen LogP contribution is -2.44. The van der Waals surface area contributed by atoms with E-state index in [0.717, 1.165) is 12.1 Å². The fourth-order valence-electron chi connectivity index (χ4n) is 1.93. The molecule has 0 saturated carbocycles. The van der Waals surface area contributed by atoms with Crippen LogP contribution in [0.2, 0.25) is 0 Å². The van der Waals surface area contributed by atoms with Gasteiger partial charge >= 0.3 is 0 Å². The summed E-state index contributed by atoms with van der Waals surface area (Å²) in [5.41, 5.74) is 0.540. The van der Waals surface area contributed by atoms with E-state index < -0.39 is 5.60 Å². The highest BCUT2D eigenvalue weighted by Gasteiger charge is 2.28. The van der Waals surface area contributed by atoms with Crippen molar-refractivity contribution in [3.63, 3.8) is 0 Å². The van der Waals surface area contributed by atoms with E-state index in [-0.39, 0.29) is 0 Å². The van der Waals surface area contributed by atoms with Crippen LogP contribution >= 0.6 is 0 Å². The van der Waals surface area contributed by atoms with Crippen molar-refractivity contribution in [2.45, 2.75) is 25.0 Å². The molecule has 2 heterocycles. The van der Waals surface area contributed by atoms with Crippen molar-refractivity contribution in [2.75, 3.05) is 19.8 Å². The van der Waals surface area contributed by atoms with Crippen LogP contribution in [-0.4, -0.2) is 40.2 Å². The van der Waals surface area contributed by atoms with Gasteiger partial charge < -0.3 is 15.2 Å². The molecule has 0 aliphatic carbocycles. The van der Waals surface area contributed by atoms with Crippen molar-refractivity contribution in [1.82, 2.24) is 15.1 Å². The van der Waals surface area contributed by atoms with Gasteiger partial charge in [-0.15, -0.1) is 0 Å². The van der Waals surface area contributed by atoms with Crippen LogP contribution < -0.4 is 5.32 Å². The molecule has 16 heavy (non-hydrogen) atoms. The minimum absolute atomic E-state index is 0.597. The molecule has 0 bridgehead atoms. The molecule has 0 radical (unpaired) electrons. The first-order valence-electron chi connectivity index (χ1n) is 5.66. The Hall–Kier alpha value is -0.910. The van der Waals surface area contributed by atoms with Gasteiger partial charge in [0.15, 0.2) is 0 Å². The summed E-state index contributed by atoms with van der Waals surface area (Å²) in [6, 6.07) is 0. The highest BCUT2D eigenvalue weighted by Crippen LogP contribution is 2.19. The van der Waals surface area contributed by atoms with Crippen LogP contribution in [0.15, 0.2) is 12.4 Å². The molecule has 1 aromatic heterocycles. The van der Waals surface area contributed by atoms with E-state index >= 15 is 0 Å². The molecule has 0 atom stereocenters. The largest absolute Gasteiger partial charge is 0.388 e. The monoisotopic (exact) mass is 225 g/mol. The first-order valence-corrected chi connectivity index (χ1v) is 5.66. The highest BCUT2D eigenvalue weighted by molar-refractivity contribution is 5.03. The molecule has 1 fully saturated rings. The zero-order valence-electron chi connectivity index (χ0n) is 9.65. The van der Waals surface area contributed by atoms with E-state index in [2.05, 4.69) is 10.4 Å². The van der Waals surface area contributed by atoms with Crippen LogP contribution in [0.3, 0.4) is 0 Å². The maximum absolute atomic E-state index is 10.2. The lowest BCUT2D eigenvalue weighted by Gasteiger charge is -2.32. The van der Waals surface area contributed by atoms with Gasteiger partial charge in [-0.05, 0) is 0 Å². The van der Waals surface area contributed by atoms with Crippen molar-refractivity contribution in [1.29, 1.82) is 0 Å². The lowest BCUT2D eigenvalue weighted by molar-refractivity contribution is -0.0617. The quantitative estimate of drug-likeness (QED) is 0.760. The van der Waals surface area contributed by atoms with Crippen LogP contribution in [0.4, 0.5) is 0 Å². The van der Waals surface area contributed by atoms with Crippen molar-refractivity contribution in [3.05, 3.63) is 18.0 Å². The third kappa shape index (κ3) is 3.04. The van der Waals surface area contributed by atoms with Crippen molar-refractivity contribution in [3.8, 4) is 0 Å². The molecule has 90 valence electrons. The number of aromatic nitrogens is 2. The van der Waals surface area contributed by atoms with Crippen LogP contribution in [0, 0.1) is 0 Å². The van der Waals surface area contributed by atoms with Gasteiger partial charge in [0.05, 0.1) is 11.8 Å². The summed E-state index contributed by atoms with van der Waals surface area (Å²) in [4.78, 5) is 0. The molecule has 1 aliphatic heterocycles. The molecule has 0 amide bonds. The first-order chi connectivity index (χ1) is 7.68. The zero-order chi connectivity index (χ0) is 11.4. The zero-order valence-corrected chi connectivity index (χ0v) is 9.65. The fourth-order valence-corrected chi connectivity index (χ4v) is 1.93. The normalized spacial score (nSPS) is 19.9. The van der Waals surface area contributed by atoms with Crippen molar-refractivity contribution in [2.24, 2.45) is 7.05 Å². The van der Waals surface area contributed by atoms with Gasteiger partial charge in [-0.2, -0.15) is 5.10 Å². The van der Waals surface area contributed by atoms with Gasteiger partial charge in [-0.3, -0.25) is 4.68 Å². The number of rotatable bonds is 4. The van der Waals surface area contributed by atoms with Gasteiger partial charge in [-0.1, -0.05) is 0 Å². The van der Waals surface area contributed by atoms with E-state index in [0.29, 0.717) is 32.6 Å². The summed E-state index contributed by atoms with van der Waals surface area (Å²) >= 11 is 0. The first kappa shape index (κ1) is 11.6. The second kappa shape index (κ2) is 4.95. The number of aliphatic hydroxyl groups is 1. The molecule has 2 rings (SSSR count). The molecule has 1 aromatic rings. The maximum atomic E-state index is 10.2. The molecular formula is C11H19N3O2. The standard InChI is InChI=1S/C11H19N3O2/c1-14-8-10(7-13-14)6-12-9-11(15)2-4-16-5-3-11/h7-8,12,15H,2-6,9H2,1H3. The Kier molecular flexibility index (Phi) is 3.58. The second-order valence-corrected chi connectivity index (χ2v) is 4.46. The number of nitrogens with one attached hydrogen (secondary N) is 1. The predicted molar refractivity (Wildman–Crippen MR) is 59.9 cm³/mol. The maximum Gasteiger partial charge on any atom is 0.0815 e. The van der Waals surface area contributed by atoms with Gasteiger partial charge in [0.1, 0.15) is 0 Å². The molecule has 1 saturated heterocycles. The minimum atomic E-state index is -0.597. The topological polar surface area (TPSA) is 59.3 Å². The van der Waals surface area contributed by atoms with E-state index in [4.69, 9.17) is 4.74 Å². The van der Waals surface area contributed by atoms with E-state index in [1.807, 2.05) is 19.4 Å². The van der Waals surface area contributed by atoms with Crippen LogP contribution in [0.25, 0.3) is 0 Å². The Labute approximate surface area is 95.4 Å². The smallest absolute Gasteiger partial charge is 0.0815 e. The molecule has 0 aromatic carbocycles. The number of nitrogens with zero attached hydrogens (tertiary/aromatic N) is 2. The van der Waals surface area contributed by atoms with Gasteiger partial charge in [-0.25, -0.2) is 0 Å². The average Bonchev–Trinajstić information content (AvgIpc) is 2.65. The Morgan fingerprint density at radius 1 is 1.56 bits per heavy atom. The molecule has 0 unspecified atom stereocenters. The fraction of sp³-hybridized carbons (Fsp3) is 0.727. The number of aryl methyl sites for hydroxylation is 1. The summed E-state index contributed by atoms with van der Waals surface area (Å²) in [6.07, 6.45) is 5.24. The Balaban J connectivity index is 1.74. The van der Waals surface area contributed by atoms with Crippen LogP contribution in [0.5, 0.6) is 0 Å². The summed E-state index contributed by atoms with van der Waals surface area (Å²) in [5, 5.41) is 17.6. The molecule has 2 N–H and O–H groups in total. The summed E-state index contributed by atoms with van der Waals surface area (Å²) < 4.78 is 7.01. The van der Waals surface area contributed by atoms with Gasteiger partial charge in [0, 0.05) is 58.0 Å². The Bertz CT molecular complexity index is 332. The molecule has 5 nitrogen and oxygen atoms in total.